The number of hydrogen-bond donors (Lipinski definition) is 2. The Balaban J connectivity index is 1.96. The fourth-order valence-corrected chi connectivity index (χ4v) is 2.65. The van der Waals surface area contributed by atoms with E-state index in [2.05, 4.69) is 18.4 Å². The Hall–Kier alpha value is -1.26. The predicted molar refractivity (Wildman–Crippen MR) is 80.9 cm³/mol. The molecule has 0 saturated heterocycles. The van der Waals surface area contributed by atoms with Gasteiger partial charge in [-0.2, -0.15) is 0 Å². The van der Waals surface area contributed by atoms with Gasteiger partial charge in [-0.1, -0.05) is 51.2 Å². The van der Waals surface area contributed by atoms with Crippen LogP contribution in [0.2, 0.25) is 0 Å². The lowest BCUT2D eigenvalue weighted by Gasteiger charge is -2.25. The molecule has 1 aromatic carbocycles. The second-order valence-electron chi connectivity index (χ2n) is 5.29. The summed E-state index contributed by atoms with van der Waals surface area (Å²) < 4.78 is 11.4. The van der Waals surface area contributed by atoms with Gasteiger partial charge in [0.1, 0.15) is 13.2 Å². The van der Waals surface area contributed by atoms with Crippen LogP contribution in [0.5, 0.6) is 11.5 Å². The lowest BCUT2D eigenvalue weighted by Crippen LogP contribution is -2.29. The Morgan fingerprint density at radius 3 is 2.75 bits per heavy atom. The number of benzene rings is 1. The molecule has 3 N–H and O–H groups in total. The highest BCUT2D eigenvalue weighted by molar-refractivity contribution is 5.48. The van der Waals surface area contributed by atoms with E-state index >= 15 is 0 Å². The van der Waals surface area contributed by atoms with Crippen molar-refractivity contribution in [3.05, 3.63) is 23.8 Å². The van der Waals surface area contributed by atoms with Crippen LogP contribution in [0.4, 0.5) is 0 Å². The van der Waals surface area contributed by atoms with Crippen molar-refractivity contribution in [2.45, 2.75) is 51.5 Å². The molecule has 1 aliphatic heterocycles. The predicted octanol–water partition coefficient (Wildman–Crippen LogP) is 3.32. The molecule has 0 radical (unpaired) electrons. The maximum absolute atomic E-state index is 5.76. The zero-order valence-corrected chi connectivity index (χ0v) is 12.4. The van der Waals surface area contributed by atoms with Gasteiger partial charge in [0.05, 0.1) is 0 Å². The molecule has 1 atom stereocenters. The number of hydrazine groups is 1. The molecule has 4 heteroatoms. The molecule has 0 spiro atoms. The van der Waals surface area contributed by atoms with Crippen molar-refractivity contribution in [1.29, 1.82) is 0 Å². The van der Waals surface area contributed by atoms with Crippen molar-refractivity contribution in [3.63, 3.8) is 0 Å². The molecule has 2 rings (SSSR count). The minimum atomic E-state index is 0.133. The van der Waals surface area contributed by atoms with Crippen LogP contribution in [0.25, 0.3) is 0 Å². The summed E-state index contributed by atoms with van der Waals surface area (Å²) >= 11 is 0. The van der Waals surface area contributed by atoms with Crippen molar-refractivity contribution >= 4 is 0 Å². The summed E-state index contributed by atoms with van der Waals surface area (Å²) in [6, 6.07) is 6.16. The first-order valence-electron chi connectivity index (χ1n) is 7.71. The summed E-state index contributed by atoms with van der Waals surface area (Å²) in [4.78, 5) is 0. The average molecular weight is 278 g/mol. The number of unbranched alkanes of at least 4 members (excludes halogenated alkanes) is 4. The summed E-state index contributed by atoms with van der Waals surface area (Å²) in [6.45, 7) is 3.46. The van der Waals surface area contributed by atoms with Gasteiger partial charge in [-0.3, -0.25) is 11.3 Å². The molecular formula is C16H26N2O2. The Morgan fingerprint density at radius 1 is 1.15 bits per heavy atom. The molecule has 0 aliphatic carbocycles. The SMILES string of the molecule is CCCCCCCC(NN)c1cccc2c1OCCO2. The van der Waals surface area contributed by atoms with Gasteiger partial charge in [0.2, 0.25) is 0 Å². The van der Waals surface area contributed by atoms with Crippen LogP contribution in [-0.4, -0.2) is 13.2 Å². The number of para-hydroxylation sites is 1. The van der Waals surface area contributed by atoms with Crippen LogP contribution in [0.15, 0.2) is 18.2 Å². The van der Waals surface area contributed by atoms with E-state index in [4.69, 9.17) is 15.3 Å². The topological polar surface area (TPSA) is 56.5 Å². The van der Waals surface area contributed by atoms with Crippen LogP contribution in [0.3, 0.4) is 0 Å². The van der Waals surface area contributed by atoms with Gasteiger partial charge in [0.15, 0.2) is 11.5 Å². The molecule has 112 valence electrons. The fourth-order valence-electron chi connectivity index (χ4n) is 2.65. The molecule has 0 bridgehead atoms. The first-order valence-corrected chi connectivity index (χ1v) is 7.71. The zero-order valence-electron chi connectivity index (χ0n) is 12.4. The third-order valence-electron chi connectivity index (χ3n) is 3.77. The number of nitrogens with one attached hydrogen (secondary N) is 1. The molecule has 0 fully saturated rings. The lowest BCUT2D eigenvalue weighted by molar-refractivity contribution is 0.168. The lowest BCUT2D eigenvalue weighted by atomic mass is 9.99. The molecule has 1 aliphatic rings. The highest BCUT2D eigenvalue weighted by atomic mass is 16.6. The van der Waals surface area contributed by atoms with E-state index in [1.54, 1.807) is 0 Å². The van der Waals surface area contributed by atoms with Gasteiger partial charge in [0.25, 0.3) is 0 Å². The first kappa shape index (κ1) is 15.1. The number of ether oxygens (including phenoxy) is 2. The van der Waals surface area contributed by atoms with Crippen molar-refractivity contribution in [2.24, 2.45) is 5.84 Å². The number of rotatable bonds is 8. The van der Waals surface area contributed by atoms with E-state index in [1.165, 1.54) is 32.1 Å². The third-order valence-corrected chi connectivity index (χ3v) is 3.77. The second-order valence-corrected chi connectivity index (χ2v) is 5.29. The molecule has 0 amide bonds. The average Bonchev–Trinajstić information content (AvgIpc) is 2.51. The molecular weight excluding hydrogens is 252 g/mol. The van der Waals surface area contributed by atoms with Gasteiger partial charge in [-0.05, 0) is 12.5 Å². The van der Waals surface area contributed by atoms with E-state index in [1.807, 2.05) is 12.1 Å². The summed E-state index contributed by atoms with van der Waals surface area (Å²) in [7, 11) is 0. The van der Waals surface area contributed by atoms with E-state index in [9.17, 15) is 0 Å². The third kappa shape index (κ3) is 3.87. The zero-order chi connectivity index (χ0) is 14.2. The maximum Gasteiger partial charge on any atom is 0.166 e. The minimum absolute atomic E-state index is 0.133. The number of hydrogen-bond acceptors (Lipinski definition) is 4. The number of nitrogens with two attached hydrogens (primary N) is 1. The van der Waals surface area contributed by atoms with Crippen LogP contribution >= 0.6 is 0 Å². The van der Waals surface area contributed by atoms with Crippen LogP contribution < -0.4 is 20.7 Å². The normalized spacial score (nSPS) is 15.1. The van der Waals surface area contributed by atoms with Crippen LogP contribution in [0, 0.1) is 0 Å². The van der Waals surface area contributed by atoms with Gasteiger partial charge >= 0.3 is 0 Å². The van der Waals surface area contributed by atoms with Gasteiger partial charge in [-0.25, -0.2) is 0 Å². The van der Waals surface area contributed by atoms with Crippen LogP contribution in [-0.2, 0) is 0 Å². The van der Waals surface area contributed by atoms with Crippen molar-refractivity contribution in [2.75, 3.05) is 13.2 Å². The molecule has 20 heavy (non-hydrogen) atoms. The largest absolute Gasteiger partial charge is 0.486 e. The standard InChI is InChI=1S/C16H26N2O2/c1-2-3-4-5-6-9-14(18-17)13-8-7-10-15-16(13)20-12-11-19-15/h7-8,10,14,18H,2-6,9,11-12,17H2,1H3. The molecule has 1 heterocycles. The Bertz CT molecular complexity index is 409. The number of fused-ring (bicyclic) bond motifs is 1. The maximum atomic E-state index is 5.76. The molecule has 4 nitrogen and oxygen atoms in total. The monoisotopic (exact) mass is 278 g/mol. The van der Waals surface area contributed by atoms with Crippen molar-refractivity contribution in [1.82, 2.24) is 5.43 Å². The summed E-state index contributed by atoms with van der Waals surface area (Å²) in [5, 5.41) is 0. The quantitative estimate of drug-likeness (QED) is 0.435. The summed E-state index contributed by atoms with van der Waals surface area (Å²) in [6.07, 6.45) is 7.37. The Labute approximate surface area is 121 Å². The highest BCUT2D eigenvalue weighted by Crippen LogP contribution is 2.38. The first-order chi connectivity index (χ1) is 9.86. The summed E-state index contributed by atoms with van der Waals surface area (Å²) in [5.41, 5.74) is 4.04. The highest BCUT2D eigenvalue weighted by Gasteiger charge is 2.20. The van der Waals surface area contributed by atoms with Crippen molar-refractivity contribution in [3.8, 4) is 11.5 Å². The van der Waals surface area contributed by atoms with E-state index in [0.29, 0.717) is 13.2 Å². The molecule has 0 aromatic heterocycles. The molecule has 1 aromatic rings. The molecule has 0 saturated carbocycles. The molecule has 1 unspecified atom stereocenters. The van der Waals surface area contributed by atoms with Crippen molar-refractivity contribution < 1.29 is 9.47 Å². The van der Waals surface area contributed by atoms with Crippen LogP contribution in [0.1, 0.15) is 57.1 Å². The Morgan fingerprint density at radius 2 is 1.95 bits per heavy atom. The van der Waals surface area contributed by atoms with E-state index in [-0.39, 0.29) is 6.04 Å². The van der Waals surface area contributed by atoms with E-state index in [0.717, 1.165) is 23.5 Å². The fraction of sp³-hybridized carbons (Fsp3) is 0.625. The summed E-state index contributed by atoms with van der Waals surface area (Å²) in [5.74, 6) is 7.42. The van der Waals surface area contributed by atoms with Gasteiger partial charge < -0.3 is 9.47 Å². The minimum Gasteiger partial charge on any atom is -0.486 e. The smallest absolute Gasteiger partial charge is 0.166 e. The van der Waals surface area contributed by atoms with Gasteiger partial charge in [-0.15, -0.1) is 0 Å². The van der Waals surface area contributed by atoms with Gasteiger partial charge in [0, 0.05) is 11.6 Å². The Kier molecular flexibility index (Phi) is 6.15. The van der Waals surface area contributed by atoms with E-state index < -0.39 is 0 Å². The second kappa shape index (κ2) is 8.12.